The molecule has 2 fully saturated rings. The molecule has 1 aromatic heterocycles. The van der Waals surface area contributed by atoms with Gasteiger partial charge in [-0.05, 0) is 50.3 Å². The van der Waals surface area contributed by atoms with Crippen LogP contribution in [0.5, 0.6) is 0 Å². The molecule has 106 valence electrons. The number of rotatable bonds is 6. The van der Waals surface area contributed by atoms with Gasteiger partial charge in [-0.3, -0.25) is 0 Å². The van der Waals surface area contributed by atoms with Crippen LogP contribution in [0.3, 0.4) is 0 Å². The van der Waals surface area contributed by atoms with Crippen molar-refractivity contribution in [1.29, 1.82) is 0 Å². The Kier molecular flexibility index (Phi) is 4.18. The summed E-state index contributed by atoms with van der Waals surface area (Å²) >= 11 is 7.80. The molecule has 2 nitrogen and oxygen atoms in total. The average molecular weight is 300 g/mol. The van der Waals surface area contributed by atoms with Gasteiger partial charge in [-0.2, -0.15) is 0 Å². The fourth-order valence-corrected chi connectivity index (χ4v) is 4.59. The highest BCUT2D eigenvalue weighted by Crippen LogP contribution is 2.49. The monoisotopic (exact) mass is 299 g/mol. The van der Waals surface area contributed by atoms with Gasteiger partial charge in [-0.15, -0.1) is 11.3 Å². The first kappa shape index (κ1) is 13.9. The van der Waals surface area contributed by atoms with Crippen molar-refractivity contribution in [2.45, 2.75) is 38.7 Å². The number of halogens is 1. The smallest absolute Gasteiger partial charge is 0.0931 e. The van der Waals surface area contributed by atoms with Crippen LogP contribution in [0.1, 0.15) is 31.1 Å². The molecule has 0 aromatic carbocycles. The lowest BCUT2D eigenvalue weighted by Gasteiger charge is -2.34. The zero-order valence-corrected chi connectivity index (χ0v) is 13.0. The average Bonchev–Trinajstić information content (AvgIpc) is 3.04. The number of hydrogen-bond donors (Lipinski definition) is 1. The second-order valence-electron chi connectivity index (χ2n) is 5.90. The zero-order chi connectivity index (χ0) is 13.3. The summed E-state index contributed by atoms with van der Waals surface area (Å²) in [6, 6.07) is 4.20. The predicted molar refractivity (Wildman–Crippen MR) is 81.1 cm³/mol. The van der Waals surface area contributed by atoms with E-state index >= 15 is 0 Å². The summed E-state index contributed by atoms with van der Waals surface area (Å²) in [5, 5.41) is 3.56. The Bertz CT molecular complexity index is 432. The molecular formula is C15H22ClNOS. The molecule has 2 atom stereocenters. The molecule has 0 radical (unpaired) electrons. The first-order valence-corrected chi connectivity index (χ1v) is 8.49. The summed E-state index contributed by atoms with van der Waals surface area (Å²) in [5.41, 5.74) is 0.283. The second kappa shape index (κ2) is 5.72. The van der Waals surface area contributed by atoms with Crippen molar-refractivity contribution in [1.82, 2.24) is 5.32 Å². The van der Waals surface area contributed by atoms with E-state index in [0.717, 1.165) is 36.4 Å². The third-order valence-electron chi connectivity index (χ3n) is 4.43. The third kappa shape index (κ3) is 2.99. The number of ether oxygens (including phenoxy) is 1. The normalized spacial score (nSPS) is 30.9. The molecule has 0 amide bonds. The molecule has 1 aliphatic heterocycles. The van der Waals surface area contributed by atoms with Crippen LogP contribution >= 0.6 is 22.9 Å². The molecule has 2 heterocycles. The van der Waals surface area contributed by atoms with E-state index in [4.69, 9.17) is 16.3 Å². The van der Waals surface area contributed by atoms with E-state index in [2.05, 4.69) is 18.3 Å². The van der Waals surface area contributed by atoms with Crippen molar-refractivity contribution >= 4 is 22.9 Å². The van der Waals surface area contributed by atoms with Crippen molar-refractivity contribution in [2.75, 3.05) is 19.7 Å². The van der Waals surface area contributed by atoms with Gasteiger partial charge in [-0.25, -0.2) is 0 Å². The van der Waals surface area contributed by atoms with Crippen molar-refractivity contribution in [3.05, 3.63) is 21.3 Å². The van der Waals surface area contributed by atoms with E-state index < -0.39 is 0 Å². The highest BCUT2D eigenvalue weighted by molar-refractivity contribution is 7.16. The summed E-state index contributed by atoms with van der Waals surface area (Å²) in [5.74, 6) is 0.802. The quantitative estimate of drug-likeness (QED) is 0.864. The number of nitrogens with one attached hydrogen (secondary N) is 1. The largest absolute Gasteiger partial charge is 0.377 e. The van der Waals surface area contributed by atoms with Crippen LogP contribution in [0.15, 0.2) is 12.1 Å². The van der Waals surface area contributed by atoms with Crippen LogP contribution in [-0.2, 0) is 11.2 Å². The van der Waals surface area contributed by atoms with Crippen molar-refractivity contribution < 1.29 is 4.74 Å². The van der Waals surface area contributed by atoms with Crippen molar-refractivity contribution in [3.8, 4) is 0 Å². The summed E-state index contributed by atoms with van der Waals surface area (Å²) < 4.78 is 7.00. The molecule has 19 heavy (non-hydrogen) atoms. The van der Waals surface area contributed by atoms with E-state index in [1.807, 2.05) is 6.07 Å². The SMILES string of the molecule is CCNCC1(Cc2ccc(Cl)s2)CCOC1C1CC1. The molecule has 1 N–H and O–H groups in total. The molecule has 4 heteroatoms. The predicted octanol–water partition coefficient (Wildman–Crippen LogP) is 3.74. The molecule has 2 aliphatic rings. The van der Waals surface area contributed by atoms with Gasteiger partial charge in [0.05, 0.1) is 10.4 Å². The lowest BCUT2D eigenvalue weighted by molar-refractivity contribution is 0.0312. The van der Waals surface area contributed by atoms with Gasteiger partial charge in [0.25, 0.3) is 0 Å². The Morgan fingerprint density at radius 3 is 2.95 bits per heavy atom. The lowest BCUT2D eigenvalue weighted by atomic mass is 9.75. The van der Waals surface area contributed by atoms with Gasteiger partial charge >= 0.3 is 0 Å². The Morgan fingerprint density at radius 1 is 1.47 bits per heavy atom. The minimum Gasteiger partial charge on any atom is -0.377 e. The van der Waals surface area contributed by atoms with Gasteiger partial charge in [-0.1, -0.05) is 18.5 Å². The van der Waals surface area contributed by atoms with Crippen molar-refractivity contribution in [3.63, 3.8) is 0 Å². The third-order valence-corrected chi connectivity index (χ3v) is 5.66. The standard InChI is InChI=1S/C15H22ClNOS/c1-2-17-10-15(9-12-5-6-13(16)19-12)7-8-18-14(15)11-3-4-11/h5-6,11,14,17H,2-4,7-10H2,1H3. The molecule has 3 rings (SSSR count). The van der Waals surface area contributed by atoms with Gasteiger partial charge in [0.15, 0.2) is 0 Å². The van der Waals surface area contributed by atoms with E-state index in [1.54, 1.807) is 11.3 Å². The maximum absolute atomic E-state index is 6.10. The van der Waals surface area contributed by atoms with Crippen LogP contribution in [0, 0.1) is 11.3 Å². The Morgan fingerprint density at radius 2 is 2.32 bits per heavy atom. The van der Waals surface area contributed by atoms with E-state index in [9.17, 15) is 0 Å². The molecule has 1 aliphatic carbocycles. The fraction of sp³-hybridized carbons (Fsp3) is 0.733. The summed E-state index contributed by atoms with van der Waals surface area (Å²) in [7, 11) is 0. The Hall–Kier alpha value is -0.0900. The summed E-state index contributed by atoms with van der Waals surface area (Å²) in [6.45, 7) is 5.20. The Labute approximate surface area is 124 Å². The van der Waals surface area contributed by atoms with Gasteiger partial charge in [0.2, 0.25) is 0 Å². The van der Waals surface area contributed by atoms with Crippen LogP contribution < -0.4 is 5.32 Å². The maximum atomic E-state index is 6.10. The fourth-order valence-electron chi connectivity index (χ4n) is 3.35. The van der Waals surface area contributed by atoms with E-state index in [1.165, 1.54) is 24.1 Å². The summed E-state index contributed by atoms with van der Waals surface area (Å²) in [4.78, 5) is 1.40. The summed E-state index contributed by atoms with van der Waals surface area (Å²) in [6.07, 6.45) is 5.44. The Balaban J connectivity index is 1.78. The minimum atomic E-state index is 0.283. The van der Waals surface area contributed by atoms with Crippen LogP contribution in [0.4, 0.5) is 0 Å². The highest BCUT2D eigenvalue weighted by Gasteiger charge is 2.50. The maximum Gasteiger partial charge on any atom is 0.0931 e. The number of thiophene rings is 1. The molecule has 0 spiro atoms. The topological polar surface area (TPSA) is 21.3 Å². The van der Waals surface area contributed by atoms with Crippen LogP contribution in [0.25, 0.3) is 0 Å². The molecule has 0 bridgehead atoms. The van der Waals surface area contributed by atoms with E-state index in [-0.39, 0.29) is 5.41 Å². The first-order valence-electron chi connectivity index (χ1n) is 7.30. The van der Waals surface area contributed by atoms with Crippen LogP contribution in [0.2, 0.25) is 4.34 Å². The van der Waals surface area contributed by atoms with E-state index in [0.29, 0.717) is 6.10 Å². The first-order chi connectivity index (χ1) is 9.23. The molecular weight excluding hydrogens is 278 g/mol. The minimum absolute atomic E-state index is 0.283. The molecule has 1 aromatic rings. The van der Waals surface area contributed by atoms with Gasteiger partial charge in [0.1, 0.15) is 0 Å². The highest BCUT2D eigenvalue weighted by atomic mass is 35.5. The van der Waals surface area contributed by atoms with Crippen LogP contribution in [-0.4, -0.2) is 25.8 Å². The van der Waals surface area contributed by atoms with Gasteiger partial charge < -0.3 is 10.1 Å². The zero-order valence-electron chi connectivity index (χ0n) is 11.5. The number of hydrogen-bond acceptors (Lipinski definition) is 3. The lowest BCUT2D eigenvalue weighted by Crippen LogP contribution is -2.43. The second-order valence-corrected chi connectivity index (χ2v) is 7.70. The molecule has 1 saturated carbocycles. The molecule has 1 saturated heterocycles. The molecule has 2 unspecified atom stereocenters. The van der Waals surface area contributed by atoms with Gasteiger partial charge in [0, 0.05) is 23.4 Å². The van der Waals surface area contributed by atoms with Crippen molar-refractivity contribution in [2.24, 2.45) is 11.3 Å².